The van der Waals surface area contributed by atoms with Crippen molar-refractivity contribution < 1.29 is 18.8 Å². The molecule has 128 valence electrons. The minimum Gasteiger partial charge on any atom is -0.389 e. The van der Waals surface area contributed by atoms with Crippen LogP contribution < -0.4 is 5.32 Å². The monoisotopic (exact) mass is 332 g/mol. The van der Waals surface area contributed by atoms with Crippen LogP contribution in [0.25, 0.3) is 11.3 Å². The highest BCUT2D eigenvalue weighted by Gasteiger charge is 2.51. The molecule has 0 spiro atoms. The van der Waals surface area contributed by atoms with Crippen LogP contribution in [0.15, 0.2) is 35.0 Å². The van der Waals surface area contributed by atoms with Gasteiger partial charge >= 0.3 is 0 Å². The third kappa shape index (κ3) is 2.76. The number of halogens is 1. The molecule has 2 N–H and O–H groups in total. The second kappa shape index (κ2) is 6.11. The summed E-state index contributed by atoms with van der Waals surface area (Å²) < 4.78 is 18.4. The van der Waals surface area contributed by atoms with E-state index >= 15 is 0 Å². The molecule has 1 fully saturated rings. The lowest BCUT2D eigenvalue weighted by molar-refractivity contribution is -0.0482. The number of Topliss-reactive ketones (excluding diaryl/α,β-unsaturated/α-hetero) is 1. The molecule has 1 atom stereocenters. The predicted octanol–water partition coefficient (Wildman–Crippen LogP) is 2.80. The number of hydrogen-bond acceptors (Lipinski definition) is 5. The highest BCUT2D eigenvalue weighted by atomic mass is 19.1. The summed E-state index contributed by atoms with van der Waals surface area (Å²) in [7, 11) is 0. The van der Waals surface area contributed by atoms with Crippen molar-refractivity contribution in [2.24, 2.45) is 5.41 Å². The van der Waals surface area contributed by atoms with Gasteiger partial charge in [0.25, 0.3) is 0 Å². The molecule has 1 aliphatic rings. The Balaban J connectivity index is 2.04. The Labute approximate surface area is 139 Å². The van der Waals surface area contributed by atoms with Crippen molar-refractivity contribution in [2.75, 3.05) is 13.1 Å². The number of nitrogens with one attached hydrogen (secondary N) is 1. The number of ketones is 1. The van der Waals surface area contributed by atoms with Gasteiger partial charge in [0.2, 0.25) is 0 Å². The van der Waals surface area contributed by atoms with Gasteiger partial charge in [-0.15, -0.1) is 0 Å². The normalized spacial score (nSPS) is 21.7. The van der Waals surface area contributed by atoms with E-state index in [4.69, 9.17) is 4.52 Å². The maximum Gasteiger partial charge on any atom is 0.178 e. The number of rotatable bonds is 4. The summed E-state index contributed by atoms with van der Waals surface area (Å²) in [5.74, 6) is -0.271. The molecule has 24 heavy (non-hydrogen) atoms. The zero-order valence-electron chi connectivity index (χ0n) is 13.8. The SMILES string of the molecule is CC(C)(O)[C@@]1(C(=O)c2cnoc2-c2ccc(F)cc2)CCCNC1. The molecular formula is C18H21FN2O3. The van der Waals surface area contributed by atoms with Gasteiger partial charge < -0.3 is 14.9 Å². The second-order valence-electron chi connectivity index (χ2n) is 6.83. The van der Waals surface area contributed by atoms with Crippen molar-refractivity contribution >= 4 is 5.78 Å². The van der Waals surface area contributed by atoms with Gasteiger partial charge in [0, 0.05) is 12.1 Å². The minimum atomic E-state index is -1.20. The van der Waals surface area contributed by atoms with Crippen LogP contribution in [0, 0.1) is 11.2 Å². The lowest BCUT2D eigenvalue weighted by Gasteiger charge is -2.44. The summed E-state index contributed by atoms with van der Waals surface area (Å²) in [5, 5.41) is 17.7. The van der Waals surface area contributed by atoms with Gasteiger partial charge in [0.05, 0.1) is 22.8 Å². The lowest BCUT2D eigenvalue weighted by atomic mass is 9.64. The van der Waals surface area contributed by atoms with Crippen LogP contribution in [-0.4, -0.2) is 34.7 Å². The Morgan fingerprint density at radius 1 is 1.38 bits per heavy atom. The summed E-state index contributed by atoms with van der Waals surface area (Å²) in [6, 6.07) is 5.70. The third-order valence-corrected chi connectivity index (χ3v) is 4.91. The quantitative estimate of drug-likeness (QED) is 0.842. The molecule has 0 saturated carbocycles. The van der Waals surface area contributed by atoms with Crippen LogP contribution in [0.3, 0.4) is 0 Å². The molecule has 0 bridgehead atoms. The van der Waals surface area contributed by atoms with Gasteiger partial charge in [-0.2, -0.15) is 0 Å². The third-order valence-electron chi connectivity index (χ3n) is 4.91. The molecule has 6 heteroatoms. The van der Waals surface area contributed by atoms with E-state index in [2.05, 4.69) is 10.5 Å². The Kier molecular flexibility index (Phi) is 4.27. The minimum absolute atomic E-state index is 0.206. The Morgan fingerprint density at radius 2 is 2.08 bits per heavy atom. The molecular weight excluding hydrogens is 311 g/mol. The summed E-state index contributed by atoms with van der Waals surface area (Å²) in [5.41, 5.74) is -1.26. The summed E-state index contributed by atoms with van der Waals surface area (Å²) in [6.07, 6.45) is 2.76. The van der Waals surface area contributed by atoms with Gasteiger partial charge in [0.1, 0.15) is 5.82 Å². The molecule has 1 aromatic heterocycles. The zero-order chi connectivity index (χ0) is 17.4. The van der Waals surface area contributed by atoms with E-state index in [1.807, 2.05) is 0 Å². The van der Waals surface area contributed by atoms with Crippen LogP contribution in [0.1, 0.15) is 37.0 Å². The average Bonchev–Trinajstić information content (AvgIpc) is 3.04. The summed E-state index contributed by atoms with van der Waals surface area (Å²) >= 11 is 0. The van der Waals surface area contributed by atoms with Gasteiger partial charge in [-0.3, -0.25) is 4.79 Å². The number of piperidine rings is 1. The molecule has 3 rings (SSSR count). The molecule has 2 heterocycles. The van der Waals surface area contributed by atoms with Gasteiger partial charge in [0.15, 0.2) is 11.5 Å². The first-order chi connectivity index (χ1) is 11.3. The van der Waals surface area contributed by atoms with Crippen LogP contribution in [0.2, 0.25) is 0 Å². The molecule has 5 nitrogen and oxygen atoms in total. The van der Waals surface area contributed by atoms with Crippen LogP contribution in [0.4, 0.5) is 4.39 Å². The van der Waals surface area contributed by atoms with Gasteiger partial charge in [-0.25, -0.2) is 4.39 Å². The van der Waals surface area contributed by atoms with Gasteiger partial charge in [-0.1, -0.05) is 5.16 Å². The Hall–Kier alpha value is -2.05. The van der Waals surface area contributed by atoms with Crippen molar-refractivity contribution in [1.82, 2.24) is 10.5 Å². The average molecular weight is 332 g/mol. The maximum absolute atomic E-state index is 13.3. The zero-order valence-corrected chi connectivity index (χ0v) is 13.8. The topological polar surface area (TPSA) is 75.4 Å². The van der Waals surface area contributed by atoms with E-state index in [-0.39, 0.29) is 11.6 Å². The fraction of sp³-hybridized carbons (Fsp3) is 0.444. The standard InChI is InChI=1S/C18H21FN2O3/c1-17(2,23)18(8-3-9-20-11-18)16(22)14-10-21-24-15(14)12-4-6-13(19)7-5-12/h4-7,10,20,23H,3,8-9,11H2,1-2H3/t18-/m0/s1. The molecule has 1 aromatic carbocycles. The van der Waals surface area contributed by atoms with Crippen molar-refractivity contribution in [3.05, 3.63) is 41.8 Å². The van der Waals surface area contributed by atoms with Crippen LogP contribution in [0.5, 0.6) is 0 Å². The molecule has 1 aliphatic heterocycles. The fourth-order valence-electron chi connectivity index (χ4n) is 3.37. The number of aliphatic hydroxyl groups is 1. The number of carbonyl (C=O) groups excluding carboxylic acids is 1. The summed E-state index contributed by atoms with van der Waals surface area (Å²) in [6.45, 7) is 4.52. The number of nitrogens with zero attached hydrogens (tertiary/aromatic N) is 1. The van der Waals surface area contributed by atoms with E-state index in [1.54, 1.807) is 26.0 Å². The number of hydrogen-bond donors (Lipinski definition) is 2. The number of aromatic nitrogens is 1. The van der Waals surface area contributed by atoms with Crippen LogP contribution in [-0.2, 0) is 0 Å². The van der Waals surface area contributed by atoms with E-state index < -0.39 is 11.0 Å². The van der Waals surface area contributed by atoms with Crippen molar-refractivity contribution in [3.63, 3.8) is 0 Å². The first-order valence-electron chi connectivity index (χ1n) is 8.04. The Bertz CT molecular complexity index is 725. The van der Waals surface area contributed by atoms with E-state index in [0.717, 1.165) is 13.0 Å². The molecule has 1 saturated heterocycles. The van der Waals surface area contributed by atoms with Crippen molar-refractivity contribution in [1.29, 1.82) is 0 Å². The van der Waals surface area contributed by atoms with E-state index in [1.165, 1.54) is 18.3 Å². The maximum atomic E-state index is 13.3. The first-order valence-corrected chi connectivity index (χ1v) is 8.04. The molecule has 0 unspecified atom stereocenters. The predicted molar refractivity (Wildman–Crippen MR) is 87.1 cm³/mol. The number of carbonyl (C=O) groups is 1. The summed E-state index contributed by atoms with van der Waals surface area (Å²) in [4.78, 5) is 13.3. The molecule has 0 amide bonds. The Morgan fingerprint density at radius 3 is 2.67 bits per heavy atom. The van der Waals surface area contributed by atoms with E-state index in [9.17, 15) is 14.3 Å². The smallest absolute Gasteiger partial charge is 0.178 e. The first kappa shape index (κ1) is 16.8. The van der Waals surface area contributed by atoms with Crippen molar-refractivity contribution in [2.45, 2.75) is 32.3 Å². The van der Waals surface area contributed by atoms with Crippen LogP contribution >= 0.6 is 0 Å². The second-order valence-corrected chi connectivity index (χ2v) is 6.83. The molecule has 0 radical (unpaired) electrons. The number of benzene rings is 1. The molecule has 0 aliphatic carbocycles. The highest BCUT2D eigenvalue weighted by Crippen LogP contribution is 2.42. The van der Waals surface area contributed by atoms with Gasteiger partial charge in [-0.05, 0) is 57.5 Å². The van der Waals surface area contributed by atoms with Crippen molar-refractivity contribution in [3.8, 4) is 11.3 Å². The fourth-order valence-corrected chi connectivity index (χ4v) is 3.37. The highest BCUT2D eigenvalue weighted by molar-refractivity contribution is 6.05. The largest absolute Gasteiger partial charge is 0.389 e. The molecule has 2 aromatic rings. The lowest BCUT2D eigenvalue weighted by Crippen LogP contribution is -2.57. The van der Waals surface area contributed by atoms with E-state index in [0.29, 0.717) is 29.9 Å².